The average Bonchev–Trinajstić information content (AvgIpc) is 3.14. The molecule has 144 valence electrons. The van der Waals surface area contributed by atoms with Crippen molar-refractivity contribution in [3.8, 4) is 0 Å². The average molecular weight is 474 g/mol. The van der Waals surface area contributed by atoms with Crippen LogP contribution in [0.5, 0.6) is 0 Å². The van der Waals surface area contributed by atoms with Crippen LogP contribution in [0, 0.1) is 0 Å². The molecule has 1 nitrogen and oxygen atoms in total. The van der Waals surface area contributed by atoms with E-state index >= 15 is 0 Å². The second kappa shape index (κ2) is 7.19. The molecule has 4 heteroatoms. The number of hydrogen-bond donors (Lipinski definition) is 1. The summed E-state index contributed by atoms with van der Waals surface area (Å²) in [6.07, 6.45) is 6.86. The van der Waals surface area contributed by atoms with Gasteiger partial charge >= 0.3 is 148 Å². The van der Waals surface area contributed by atoms with E-state index < -0.39 is 18.3 Å². The summed E-state index contributed by atoms with van der Waals surface area (Å²) in [6, 6.07) is 13.3. The number of aromatic nitrogens is 1. The van der Waals surface area contributed by atoms with Crippen LogP contribution in [-0.2, 0) is 18.3 Å². The summed E-state index contributed by atoms with van der Waals surface area (Å²) < 4.78 is 7.40. The molecule has 1 aromatic heterocycles. The first kappa shape index (κ1) is 23.6. The molecule has 1 aliphatic carbocycles. The van der Waals surface area contributed by atoms with Gasteiger partial charge in [-0.25, -0.2) is 0 Å². The van der Waals surface area contributed by atoms with E-state index in [1.54, 1.807) is 0 Å². The van der Waals surface area contributed by atoms with Crippen LogP contribution in [-0.4, -0.2) is 9.20 Å². The van der Waals surface area contributed by atoms with E-state index in [-0.39, 0.29) is 31.1 Å². The number of nitrogens with one attached hydrogen (secondary N) is 1. The molecular weight excluding hydrogens is 440 g/mol. The summed E-state index contributed by atoms with van der Waals surface area (Å²) in [5.74, 6) is 0. The molecule has 1 atom stereocenters. The van der Waals surface area contributed by atoms with Crippen molar-refractivity contribution in [2.45, 2.75) is 51.4 Å². The van der Waals surface area contributed by atoms with Gasteiger partial charge in [-0.3, -0.25) is 0 Å². The third-order valence-electron chi connectivity index (χ3n) is 7.13. The fraction of sp³-hybridized carbons (Fsp3) is 0.409. The Labute approximate surface area is 172 Å². The maximum atomic E-state index is 5.29. The molecular formula is C22H33Cl2NZr. The van der Waals surface area contributed by atoms with Crippen molar-refractivity contribution in [2.75, 3.05) is 0 Å². The SMILES string of the molecule is Cl.Cl.[CH2]=[Zr]([c]1ccc[nH]1)([CH]1C=Cc2ccccc21)([C](C)(C)C)[C](C)(C)C. The van der Waals surface area contributed by atoms with Crippen LogP contribution in [0.3, 0.4) is 0 Å². The second-order valence-corrected chi connectivity index (χ2v) is 27.4. The summed E-state index contributed by atoms with van der Waals surface area (Å²) in [5.41, 5.74) is 2.84. The van der Waals surface area contributed by atoms with Crippen molar-refractivity contribution >= 4 is 38.5 Å². The molecule has 1 N–H and O–H groups in total. The quantitative estimate of drug-likeness (QED) is 0.493. The summed E-state index contributed by atoms with van der Waals surface area (Å²) in [5, 5.41) is 0. The Hall–Kier alpha value is -0.427. The summed E-state index contributed by atoms with van der Waals surface area (Å²) in [4.78, 5) is 3.64. The molecule has 3 rings (SSSR count). The molecule has 0 saturated carbocycles. The third-order valence-corrected chi connectivity index (χ3v) is 32.4. The molecule has 0 saturated heterocycles. The molecule has 0 amide bonds. The van der Waals surface area contributed by atoms with Crippen molar-refractivity contribution in [2.24, 2.45) is 0 Å². The van der Waals surface area contributed by atoms with Crippen LogP contribution in [0.25, 0.3) is 6.08 Å². The van der Waals surface area contributed by atoms with Gasteiger partial charge in [0.1, 0.15) is 0 Å². The molecule has 0 spiro atoms. The van der Waals surface area contributed by atoms with Gasteiger partial charge < -0.3 is 0 Å². The first-order valence-electron chi connectivity index (χ1n) is 8.96. The van der Waals surface area contributed by atoms with E-state index in [4.69, 9.17) is 4.21 Å². The van der Waals surface area contributed by atoms with Crippen LogP contribution in [0.1, 0.15) is 56.3 Å². The van der Waals surface area contributed by atoms with Gasteiger partial charge in [-0.05, 0) is 0 Å². The summed E-state index contributed by atoms with van der Waals surface area (Å²) >= 11 is -3.95. The number of benzene rings is 1. The Morgan fingerprint density at radius 1 is 0.885 bits per heavy atom. The molecule has 1 aromatic carbocycles. The van der Waals surface area contributed by atoms with Gasteiger partial charge in [-0.15, -0.1) is 24.8 Å². The van der Waals surface area contributed by atoms with Crippen molar-refractivity contribution in [3.05, 3.63) is 59.8 Å². The number of allylic oxidation sites excluding steroid dienone is 1. The van der Waals surface area contributed by atoms with Gasteiger partial charge in [-0.2, -0.15) is 0 Å². The fourth-order valence-electron chi connectivity index (χ4n) is 5.52. The topological polar surface area (TPSA) is 15.8 Å². The summed E-state index contributed by atoms with van der Waals surface area (Å²) in [7, 11) is 0. The van der Waals surface area contributed by atoms with Gasteiger partial charge in [0.2, 0.25) is 0 Å². The molecule has 1 unspecified atom stereocenters. The zero-order valence-corrected chi connectivity index (χ0v) is 20.9. The number of H-pyrrole nitrogens is 1. The monoisotopic (exact) mass is 471 g/mol. The first-order valence-corrected chi connectivity index (χ1v) is 15.8. The minimum absolute atomic E-state index is 0. The molecule has 2 aromatic rings. The van der Waals surface area contributed by atoms with Crippen LogP contribution < -0.4 is 3.40 Å². The van der Waals surface area contributed by atoms with E-state index in [1.807, 2.05) is 0 Å². The van der Waals surface area contributed by atoms with Crippen LogP contribution in [0.2, 0.25) is 6.25 Å². The molecule has 26 heavy (non-hydrogen) atoms. The van der Waals surface area contributed by atoms with Crippen LogP contribution >= 0.6 is 24.8 Å². The second-order valence-electron chi connectivity index (χ2n) is 9.59. The Balaban J connectivity index is 0.00000169. The Bertz CT molecular complexity index is 831. The molecule has 0 radical (unpaired) electrons. The molecule has 1 heterocycles. The Morgan fingerprint density at radius 2 is 1.46 bits per heavy atom. The van der Waals surface area contributed by atoms with E-state index in [0.29, 0.717) is 3.63 Å². The van der Waals surface area contributed by atoms with Gasteiger partial charge in [-0.1, -0.05) is 0 Å². The zero-order valence-electron chi connectivity index (χ0n) is 16.8. The predicted molar refractivity (Wildman–Crippen MR) is 120 cm³/mol. The minimum atomic E-state index is -3.95. The van der Waals surface area contributed by atoms with E-state index in [0.717, 1.165) is 0 Å². The third kappa shape index (κ3) is 2.71. The zero-order chi connectivity index (χ0) is 17.8. The predicted octanol–water partition coefficient (Wildman–Crippen LogP) is 6.81. The number of rotatable bonds is 2. The molecule has 0 fully saturated rings. The van der Waals surface area contributed by atoms with Crippen molar-refractivity contribution in [1.29, 1.82) is 0 Å². The Morgan fingerprint density at radius 3 is 1.96 bits per heavy atom. The summed E-state index contributed by atoms with van der Waals surface area (Å²) in [6.45, 7) is 14.5. The first-order chi connectivity index (χ1) is 11.0. The normalized spacial score (nSPS) is 17.3. The maximum absolute atomic E-state index is 5.29. The molecule has 0 bridgehead atoms. The number of halogens is 2. The van der Waals surface area contributed by atoms with Gasteiger partial charge in [0.05, 0.1) is 0 Å². The number of aromatic amines is 1. The fourth-order valence-corrected chi connectivity index (χ4v) is 26.2. The van der Waals surface area contributed by atoms with Crippen molar-refractivity contribution in [3.63, 3.8) is 0 Å². The van der Waals surface area contributed by atoms with Gasteiger partial charge in [0.15, 0.2) is 0 Å². The standard InChI is InChI=1S/C9H7.C4H4N.2C4H9.CH2.2ClH.Zr/c1-2-5-9-7-3-6-8(9)4-1;1-2-4-5-3-1;2*1-4(2)3;;;;/h1-7H;1-3,5H;2*1-3H3;1H2;2*1H;. The van der Waals surface area contributed by atoms with Crippen molar-refractivity contribution < 1.29 is 18.3 Å². The van der Waals surface area contributed by atoms with E-state index in [2.05, 4.69) is 101 Å². The van der Waals surface area contributed by atoms with Crippen LogP contribution in [0.4, 0.5) is 0 Å². The van der Waals surface area contributed by atoms with Gasteiger partial charge in [0, 0.05) is 0 Å². The number of hydrogen-bond acceptors (Lipinski definition) is 0. The van der Waals surface area contributed by atoms with Crippen LogP contribution in [0.15, 0.2) is 48.7 Å². The number of fused-ring (bicyclic) bond motifs is 1. The Kier molecular flexibility index (Phi) is 6.53. The van der Waals surface area contributed by atoms with Crippen molar-refractivity contribution in [1.82, 2.24) is 4.98 Å². The van der Waals surface area contributed by atoms with Gasteiger partial charge in [0.25, 0.3) is 0 Å². The van der Waals surface area contributed by atoms with E-state index in [9.17, 15) is 0 Å². The van der Waals surface area contributed by atoms with E-state index in [1.165, 1.54) is 14.5 Å². The molecule has 0 aliphatic heterocycles. The molecule has 1 aliphatic rings.